The van der Waals surface area contributed by atoms with Gasteiger partial charge in [0, 0.05) is 0 Å². The van der Waals surface area contributed by atoms with Crippen molar-refractivity contribution in [3.8, 4) is 0 Å². The maximum atomic E-state index is 11.0. The molecule has 2 unspecified atom stereocenters. The van der Waals surface area contributed by atoms with E-state index in [1.807, 2.05) is 0 Å². The van der Waals surface area contributed by atoms with Crippen molar-refractivity contribution in [3.63, 3.8) is 0 Å². The van der Waals surface area contributed by atoms with E-state index in [0.717, 1.165) is 32.1 Å². The van der Waals surface area contributed by atoms with E-state index >= 15 is 0 Å². The minimum absolute atomic E-state index is 0.0246. The van der Waals surface area contributed by atoms with Gasteiger partial charge in [-0.3, -0.25) is 4.79 Å². The van der Waals surface area contributed by atoms with Gasteiger partial charge < -0.3 is 10.4 Å². The molecule has 1 amide bonds. The Bertz CT molecular complexity index is 175. The Labute approximate surface area is 83.5 Å². The molecule has 0 aromatic heterocycles. The van der Waals surface area contributed by atoms with Crippen LogP contribution in [0.5, 0.6) is 0 Å². The van der Waals surface area contributed by atoms with Crippen LogP contribution in [0.2, 0.25) is 0 Å². The first kappa shape index (κ1) is 10.8. The molecule has 0 saturated heterocycles. The highest BCUT2D eigenvalue weighted by atomic mass is 35.5. The lowest BCUT2D eigenvalue weighted by Crippen LogP contribution is -2.43. The third-order valence-electron chi connectivity index (χ3n) is 2.45. The van der Waals surface area contributed by atoms with Crippen LogP contribution >= 0.6 is 11.6 Å². The Hall–Kier alpha value is -0.280. The lowest BCUT2D eigenvalue weighted by atomic mass is 10.1. The zero-order valence-corrected chi connectivity index (χ0v) is 8.39. The number of rotatable bonds is 2. The summed E-state index contributed by atoms with van der Waals surface area (Å²) in [5.41, 5.74) is 0. The zero-order valence-electron chi connectivity index (χ0n) is 7.63. The van der Waals surface area contributed by atoms with Crippen LogP contribution in [0.15, 0.2) is 0 Å². The highest BCUT2D eigenvalue weighted by Gasteiger charge is 2.22. The average Bonchev–Trinajstić information content (AvgIpc) is 2.32. The van der Waals surface area contributed by atoms with Crippen molar-refractivity contribution in [3.05, 3.63) is 0 Å². The fourth-order valence-corrected chi connectivity index (χ4v) is 1.78. The van der Waals surface area contributed by atoms with Crippen molar-refractivity contribution in [2.75, 3.05) is 5.88 Å². The Morgan fingerprint density at radius 2 is 2.08 bits per heavy atom. The van der Waals surface area contributed by atoms with Gasteiger partial charge in [-0.15, -0.1) is 11.6 Å². The molecule has 1 rings (SSSR count). The molecule has 3 nitrogen and oxygen atoms in total. The van der Waals surface area contributed by atoms with Crippen LogP contribution in [0.4, 0.5) is 0 Å². The number of hydrogen-bond acceptors (Lipinski definition) is 2. The average molecular weight is 206 g/mol. The van der Waals surface area contributed by atoms with Crippen molar-refractivity contribution >= 4 is 17.5 Å². The number of alkyl halides is 1. The van der Waals surface area contributed by atoms with Gasteiger partial charge in [0.25, 0.3) is 0 Å². The van der Waals surface area contributed by atoms with Crippen LogP contribution in [0.3, 0.4) is 0 Å². The van der Waals surface area contributed by atoms with E-state index in [1.54, 1.807) is 0 Å². The van der Waals surface area contributed by atoms with Gasteiger partial charge in [-0.05, 0) is 12.8 Å². The molecule has 0 heterocycles. The second-order valence-corrected chi connectivity index (χ2v) is 3.78. The van der Waals surface area contributed by atoms with E-state index in [0.29, 0.717) is 0 Å². The van der Waals surface area contributed by atoms with Gasteiger partial charge >= 0.3 is 0 Å². The van der Waals surface area contributed by atoms with Gasteiger partial charge in [0.2, 0.25) is 5.91 Å². The molecule has 1 aliphatic carbocycles. The number of amides is 1. The summed E-state index contributed by atoms with van der Waals surface area (Å²) in [4.78, 5) is 11.0. The molecule has 4 heteroatoms. The Morgan fingerprint density at radius 3 is 2.77 bits per heavy atom. The van der Waals surface area contributed by atoms with Crippen LogP contribution in [0, 0.1) is 0 Å². The normalized spacial score (nSPS) is 29.4. The zero-order chi connectivity index (χ0) is 9.68. The topological polar surface area (TPSA) is 49.3 Å². The molecule has 2 atom stereocenters. The molecule has 0 aromatic carbocycles. The first-order valence-corrected chi connectivity index (χ1v) is 5.31. The third kappa shape index (κ3) is 3.53. The van der Waals surface area contributed by atoms with E-state index in [9.17, 15) is 9.90 Å². The molecular weight excluding hydrogens is 190 g/mol. The minimum Gasteiger partial charge on any atom is -0.391 e. The second-order valence-electron chi connectivity index (χ2n) is 3.51. The van der Waals surface area contributed by atoms with E-state index < -0.39 is 6.10 Å². The fourth-order valence-electron chi connectivity index (χ4n) is 1.70. The largest absolute Gasteiger partial charge is 0.391 e. The Morgan fingerprint density at radius 1 is 1.38 bits per heavy atom. The number of halogens is 1. The summed E-state index contributed by atoms with van der Waals surface area (Å²) < 4.78 is 0. The predicted octanol–water partition coefficient (Wildman–Crippen LogP) is 1.03. The molecule has 1 aliphatic rings. The third-order valence-corrected chi connectivity index (χ3v) is 2.69. The van der Waals surface area contributed by atoms with Crippen molar-refractivity contribution in [1.29, 1.82) is 0 Å². The summed E-state index contributed by atoms with van der Waals surface area (Å²) in [7, 11) is 0. The van der Waals surface area contributed by atoms with Crippen LogP contribution < -0.4 is 5.32 Å². The molecule has 76 valence electrons. The van der Waals surface area contributed by atoms with Crippen molar-refractivity contribution in [2.24, 2.45) is 0 Å². The maximum Gasteiger partial charge on any atom is 0.235 e. The SMILES string of the molecule is O=C(CCl)NC1CCCCCC1O. The molecular formula is C9H16ClNO2. The molecule has 0 radical (unpaired) electrons. The highest BCUT2D eigenvalue weighted by Crippen LogP contribution is 2.17. The maximum absolute atomic E-state index is 11.0. The summed E-state index contributed by atoms with van der Waals surface area (Å²) in [5.74, 6) is -0.212. The lowest BCUT2D eigenvalue weighted by molar-refractivity contribution is -0.120. The second kappa shape index (κ2) is 5.45. The smallest absolute Gasteiger partial charge is 0.235 e. The van der Waals surface area contributed by atoms with E-state index in [-0.39, 0.29) is 17.8 Å². The standard InChI is InChI=1S/C9H16ClNO2/c10-6-9(13)11-7-4-2-1-3-5-8(7)12/h7-8,12H,1-6H2,(H,11,13). The molecule has 1 fully saturated rings. The summed E-state index contributed by atoms with van der Waals surface area (Å²) in [6, 6.07) is -0.0891. The number of nitrogens with one attached hydrogen (secondary N) is 1. The van der Waals surface area contributed by atoms with Gasteiger partial charge in [0.05, 0.1) is 12.1 Å². The van der Waals surface area contributed by atoms with Crippen molar-refractivity contribution in [1.82, 2.24) is 5.32 Å². The van der Waals surface area contributed by atoms with Crippen LogP contribution in [-0.2, 0) is 4.79 Å². The van der Waals surface area contributed by atoms with Gasteiger partial charge in [-0.25, -0.2) is 0 Å². The first-order valence-electron chi connectivity index (χ1n) is 4.77. The minimum atomic E-state index is -0.394. The predicted molar refractivity (Wildman–Crippen MR) is 51.7 cm³/mol. The van der Waals surface area contributed by atoms with Crippen molar-refractivity contribution in [2.45, 2.75) is 44.2 Å². The number of carbonyl (C=O) groups excluding carboxylic acids is 1. The van der Waals surface area contributed by atoms with E-state index in [4.69, 9.17) is 11.6 Å². The molecule has 0 aliphatic heterocycles. The fraction of sp³-hybridized carbons (Fsp3) is 0.889. The van der Waals surface area contributed by atoms with Gasteiger partial charge in [-0.2, -0.15) is 0 Å². The number of carbonyl (C=O) groups is 1. The lowest BCUT2D eigenvalue weighted by Gasteiger charge is -2.20. The quantitative estimate of drug-likeness (QED) is 0.523. The Kier molecular flexibility index (Phi) is 4.53. The summed E-state index contributed by atoms with van der Waals surface area (Å²) in [5, 5.41) is 12.4. The van der Waals surface area contributed by atoms with Crippen molar-refractivity contribution < 1.29 is 9.90 Å². The number of aliphatic hydroxyl groups excluding tert-OH is 1. The molecule has 0 bridgehead atoms. The molecule has 13 heavy (non-hydrogen) atoms. The monoisotopic (exact) mass is 205 g/mol. The number of hydrogen-bond donors (Lipinski definition) is 2. The van der Waals surface area contributed by atoms with Crippen LogP contribution in [-0.4, -0.2) is 29.0 Å². The van der Waals surface area contributed by atoms with Crippen LogP contribution in [0.1, 0.15) is 32.1 Å². The highest BCUT2D eigenvalue weighted by molar-refractivity contribution is 6.27. The summed E-state index contributed by atoms with van der Waals surface area (Å²) in [6.45, 7) is 0. The van der Waals surface area contributed by atoms with E-state index in [1.165, 1.54) is 0 Å². The van der Waals surface area contributed by atoms with Gasteiger partial charge in [0.1, 0.15) is 5.88 Å². The molecule has 2 N–H and O–H groups in total. The first-order chi connectivity index (χ1) is 6.24. The summed E-state index contributed by atoms with van der Waals surface area (Å²) >= 11 is 5.37. The molecule has 0 spiro atoms. The van der Waals surface area contributed by atoms with Gasteiger partial charge in [-0.1, -0.05) is 19.3 Å². The number of aliphatic hydroxyl groups is 1. The van der Waals surface area contributed by atoms with E-state index in [2.05, 4.69) is 5.32 Å². The molecule has 0 aromatic rings. The summed E-state index contributed by atoms with van der Waals surface area (Å²) in [6.07, 6.45) is 4.52. The van der Waals surface area contributed by atoms with Gasteiger partial charge in [0.15, 0.2) is 0 Å². The van der Waals surface area contributed by atoms with Crippen LogP contribution in [0.25, 0.3) is 0 Å². The molecule has 1 saturated carbocycles. The Balaban J connectivity index is 2.40.